The van der Waals surface area contributed by atoms with Gasteiger partial charge in [0.05, 0.1) is 16.2 Å². The number of aliphatic carboxylic acids is 1. The maximum atomic E-state index is 11.7. The van der Waals surface area contributed by atoms with E-state index in [0.717, 1.165) is 23.5 Å². The van der Waals surface area contributed by atoms with Crippen LogP contribution < -0.4 is 5.32 Å². The molecule has 0 saturated heterocycles. The van der Waals surface area contributed by atoms with Crippen molar-refractivity contribution in [1.82, 2.24) is 4.98 Å². The highest BCUT2D eigenvalue weighted by molar-refractivity contribution is 8.01. The number of anilines is 1. The molecular formula is C13H20N2O3S2. The summed E-state index contributed by atoms with van der Waals surface area (Å²) in [6, 6.07) is 0. The Morgan fingerprint density at radius 2 is 2.20 bits per heavy atom. The summed E-state index contributed by atoms with van der Waals surface area (Å²) < 4.78 is 0.794. The van der Waals surface area contributed by atoms with Crippen molar-refractivity contribution < 1.29 is 14.7 Å². The van der Waals surface area contributed by atoms with Gasteiger partial charge < -0.3 is 10.4 Å². The van der Waals surface area contributed by atoms with Crippen LogP contribution in [0.1, 0.15) is 39.5 Å². The number of hydrogen-bond acceptors (Lipinski definition) is 5. The molecule has 112 valence electrons. The average Bonchev–Trinajstić information content (AvgIpc) is 2.79. The topological polar surface area (TPSA) is 79.3 Å². The number of hydrogen-bond donors (Lipinski definition) is 2. The summed E-state index contributed by atoms with van der Waals surface area (Å²) in [5.74, 6) is -0.215. The number of nitrogens with one attached hydrogen (secondary N) is 1. The number of carbonyl (C=O) groups excluding carboxylic acids is 1. The standard InChI is InChI=1S/C13H20N2O3S2/c1-9(2)5-3-4-6-10(16)15-13-14-7-12(20-13)19-8-11(17)18/h7,9H,3-6,8H2,1-2H3,(H,17,18)(H,14,15,16). The van der Waals surface area contributed by atoms with Crippen LogP contribution in [0.2, 0.25) is 0 Å². The van der Waals surface area contributed by atoms with E-state index in [1.165, 1.54) is 23.1 Å². The van der Waals surface area contributed by atoms with Crippen LogP contribution in [0.15, 0.2) is 10.4 Å². The quantitative estimate of drug-likeness (QED) is 0.538. The Bertz CT molecular complexity index is 447. The number of amides is 1. The van der Waals surface area contributed by atoms with Crippen molar-refractivity contribution in [2.24, 2.45) is 5.92 Å². The number of aromatic nitrogens is 1. The van der Waals surface area contributed by atoms with Crippen molar-refractivity contribution in [2.75, 3.05) is 11.1 Å². The molecule has 0 fully saturated rings. The van der Waals surface area contributed by atoms with Gasteiger partial charge in [-0.2, -0.15) is 0 Å². The fourth-order valence-electron chi connectivity index (χ4n) is 1.54. The van der Waals surface area contributed by atoms with Gasteiger partial charge in [-0.1, -0.05) is 38.0 Å². The molecule has 0 saturated carbocycles. The molecule has 0 aromatic carbocycles. The van der Waals surface area contributed by atoms with Crippen LogP contribution in [-0.2, 0) is 9.59 Å². The highest BCUT2D eigenvalue weighted by atomic mass is 32.2. The molecule has 0 bridgehead atoms. The summed E-state index contributed by atoms with van der Waals surface area (Å²) >= 11 is 2.51. The van der Waals surface area contributed by atoms with Gasteiger partial charge in [-0.3, -0.25) is 9.59 Å². The van der Waals surface area contributed by atoms with E-state index in [2.05, 4.69) is 24.1 Å². The van der Waals surface area contributed by atoms with Gasteiger partial charge in [-0.25, -0.2) is 4.98 Å². The first-order chi connectivity index (χ1) is 9.47. The minimum atomic E-state index is -0.862. The Morgan fingerprint density at radius 1 is 1.45 bits per heavy atom. The van der Waals surface area contributed by atoms with Crippen LogP contribution in [-0.4, -0.2) is 27.7 Å². The van der Waals surface area contributed by atoms with Gasteiger partial charge >= 0.3 is 5.97 Å². The molecule has 1 amide bonds. The van der Waals surface area contributed by atoms with E-state index in [-0.39, 0.29) is 11.7 Å². The number of thioether (sulfide) groups is 1. The molecule has 1 heterocycles. The monoisotopic (exact) mass is 316 g/mol. The number of nitrogens with zero attached hydrogens (tertiary/aromatic N) is 1. The second kappa shape index (κ2) is 8.97. The predicted octanol–water partition coefficient (Wildman–Crippen LogP) is 3.47. The first kappa shape index (κ1) is 17.0. The molecule has 1 aromatic heterocycles. The zero-order valence-electron chi connectivity index (χ0n) is 11.7. The molecule has 0 atom stereocenters. The number of carboxylic acid groups (broad SMARTS) is 1. The van der Waals surface area contributed by atoms with Crippen LogP contribution >= 0.6 is 23.1 Å². The fraction of sp³-hybridized carbons (Fsp3) is 0.615. The predicted molar refractivity (Wildman–Crippen MR) is 82.4 cm³/mol. The normalized spacial score (nSPS) is 10.8. The Morgan fingerprint density at radius 3 is 2.85 bits per heavy atom. The summed E-state index contributed by atoms with van der Waals surface area (Å²) in [5.41, 5.74) is 0. The molecule has 0 spiro atoms. The summed E-state index contributed by atoms with van der Waals surface area (Å²) in [7, 11) is 0. The lowest BCUT2D eigenvalue weighted by Crippen LogP contribution is -2.10. The van der Waals surface area contributed by atoms with Crippen LogP contribution in [0.3, 0.4) is 0 Å². The third kappa shape index (κ3) is 7.49. The van der Waals surface area contributed by atoms with Gasteiger partial charge in [-0.15, -0.1) is 11.8 Å². The Hall–Kier alpha value is -1.08. The van der Waals surface area contributed by atoms with Crippen molar-refractivity contribution in [3.8, 4) is 0 Å². The lowest BCUT2D eigenvalue weighted by atomic mass is 10.1. The van der Waals surface area contributed by atoms with E-state index in [0.29, 0.717) is 17.5 Å². The van der Waals surface area contributed by atoms with Crippen LogP contribution in [0.25, 0.3) is 0 Å². The third-order valence-electron chi connectivity index (χ3n) is 2.50. The SMILES string of the molecule is CC(C)CCCCC(=O)Nc1ncc(SCC(=O)O)s1. The molecule has 0 aliphatic carbocycles. The Balaban J connectivity index is 2.26. The first-order valence-electron chi connectivity index (χ1n) is 6.57. The molecule has 7 heteroatoms. The zero-order valence-corrected chi connectivity index (χ0v) is 13.4. The summed E-state index contributed by atoms with van der Waals surface area (Å²) in [5, 5.41) is 11.9. The zero-order chi connectivity index (χ0) is 15.0. The number of unbranched alkanes of at least 4 members (excludes halogenated alkanes) is 1. The highest BCUT2D eigenvalue weighted by Gasteiger charge is 2.08. The highest BCUT2D eigenvalue weighted by Crippen LogP contribution is 2.28. The molecular weight excluding hydrogens is 296 g/mol. The first-order valence-corrected chi connectivity index (χ1v) is 8.38. The van der Waals surface area contributed by atoms with E-state index in [4.69, 9.17) is 5.11 Å². The van der Waals surface area contributed by atoms with E-state index in [9.17, 15) is 9.59 Å². The van der Waals surface area contributed by atoms with Crippen molar-refractivity contribution in [3.05, 3.63) is 6.20 Å². The van der Waals surface area contributed by atoms with E-state index in [1.54, 1.807) is 6.20 Å². The van der Waals surface area contributed by atoms with Crippen molar-refractivity contribution in [2.45, 2.75) is 43.7 Å². The van der Waals surface area contributed by atoms with Crippen LogP contribution in [0.5, 0.6) is 0 Å². The molecule has 20 heavy (non-hydrogen) atoms. The number of carbonyl (C=O) groups is 2. The van der Waals surface area contributed by atoms with E-state index < -0.39 is 5.97 Å². The molecule has 0 aliphatic heterocycles. The Kier molecular flexibility index (Phi) is 7.61. The number of rotatable bonds is 9. The molecule has 0 unspecified atom stereocenters. The summed E-state index contributed by atoms with van der Waals surface area (Å²) in [6.45, 7) is 4.35. The van der Waals surface area contributed by atoms with Gasteiger partial charge in [-0.05, 0) is 12.3 Å². The molecule has 1 rings (SSSR count). The van der Waals surface area contributed by atoms with E-state index >= 15 is 0 Å². The second-order valence-electron chi connectivity index (χ2n) is 4.85. The summed E-state index contributed by atoms with van der Waals surface area (Å²) in [4.78, 5) is 26.2. The van der Waals surface area contributed by atoms with Gasteiger partial charge in [0.15, 0.2) is 5.13 Å². The van der Waals surface area contributed by atoms with Crippen LogP contribution in [0, 0.1) is 5.92 Å². The summed E-state index contributed by atoms with van der Waals surface area (Å²) in [6.07, 6.45) is 5.18. The van der Waals surface area contributed by atoms with Crippen molar-refractivity contribution in [3.63, 3.8) is 0 Å². The van der Waals surface area contributed by atoms with Gasteiger partial charge in [0.1, 0.15) is 0 Å². The van der Waals surface area contributed by atoms with Gasteiger partial charge in [0.2, 0.25) is 5.91 Å². The molecule has 2 N–H and O–H groups in total. The fourth-order valence-corrected chi connectivity index (χ4v) is 3.15. The maximum Gasteiger partial charge on any atom is 0.313 e. The minimum Gasteiger partial charge on any atom is -0.481 e. The Labute approximate surface area is 127 Å². The maximum absolute atomic E-state index is 11.7. The average molecular weight is 316 g/mol. The lowest BCUT2D eigenvalue weighted by molar-refractivity contribution is -0.133. The van der Waals surface area contributed by atoms with Crippen molar-refractivity contribution >= 4 is 40.1 Å². The molecule has 5 nitrogen and oxygen atoms in total. The molecule has 0 aliphatic rings. The number of thiazole rings is 1. The molecule has 0 radical (unpaired) electrons. The van der Waals surface area contributed by atoms with Crippen LogP contribution in [0.4, 0.5) is 5.13 Å². The van der Waals surface area contributed by atoms with Gasteiger partial charge in [0, 0.05) is 6.42 Å². The third-order valence-corrected chi connectivity index (χ3v) is 4.60. The second-order valence-corrected chi connectivity index (χ2v) is 7.16. The van der Waals surface area contributed by atoms with Crippen molar-refractivity contribution in [1.29, 1.82) is 0 Å². The van der Waals surface area contributed by atoms with E-state index in [1.807, 2.05) is 0 Å². The number of carboxylic acids is 1. The molecule has 1 aromatic rings. The minimum absolute atomic E-state index is 0.00474. The van der Waals surface area contributed by atoms with Gasteiger partial charge in [0.25, 0.3) is 0 Å². The largest absolute Gasteiger partial charge is 0.481 e. The lowest BCUT2D eigenvalue weighted by Gasteiger charge is -2.04. The smallest absolute Gasteiger partial charge is 0.313 e.